The summed E-state index contributed by atoms with van der Waals surface area (Å²) in [7, 11) is 1.55. The summed E-state index contributed by atoms with van der Waals surface area (Å²) in [5.41, 5.74) is 7.26. The first-order valence-corrected chi connectivity index (χ1v) is 7.81. The zero-order valence-electron chi connectivity index (χ0n) is 11.3. The number of amidine groups is 1. The van der Waals surface area contributed by atoms with Crippen LogP contribution in [-0.4, -0.2) is 23.1 Å². The number of thioether (sulfide) groups is 1. The van der Waals surface area contributed by atoms with Gasteiger partial charge in [0.05, 0.1) is 17.7 Å². The molecule has 0 aliphatic rings. The smallest absolute Gasteiger partial charge is 0.173 e. The lowest BCUT2D eigenvalue weighted by molar-refractivity contribution is 0.318. The van der Waals surface area contributed by atoms with Gasteiger partial charge in [-0.25, -0.2) is 4.98 Å². The average molecular weight is 368 g/mol. The number of pyridine rings is 1. The largest absolute Gasteiger partial charge is 0.496 e. The Bertz CT molecular complexity index is 647. The zero-order valence-corrected chi connectivity index (χ0v) is 13.7. The second-order valence-electron chi connectivity index (χ2n) is 4.12. The van der Waals surface area contributed by atoms with E-state index >= 15 is 0 Å². The molecule has 1 heterocycles. The number of halogens is 1. The normalized spacial score (nSPS) is 11.4. The maximum Gasteiger partial charge on any atom is 0.173 e. The van der Waals surface area contributed by atoms with E-state index in [2.05, 4.69) is 26.1 Å². The fraction of sp³-hybridized carbons (Fsp3) is 0.143. The highest BCUT2D eigenvalue weighted by Gasteiger charge is 2.09. The van der Waals surface area contributed by atoms with Gasteiger partial charge in [0, 0.05) is 16.4 Å². The monoisotopic (exact) mass is 367 g/mol. The first-order chi connectivity index (χ1) is 10.1. The van der Waals surface area contributed by atoms with E-state index < -0.39 is 0 Å². The zero-order chi connectivity index (χ0) is 15.2. The number of rotatable bonds is 5. The van der Waals surface area contributed by atoms with Gasteiger partial charge < -0.3 is 15.7 Å². The van der Waals surface area contributed by atoms with Gasteiger partial charge in [-0.3, -0.25) is 0 Å². The van der Waals surface area contributed by atoms with Gasteiger partial charge in [-0.05, 0) is 45.8 Å². The first-order valence-electron chi connectivity index (χ1n) is 6.03. The first kappa shape index (κ1) is 15.7. The highest BCUT2D eigenvalue weighted by molar-refractivity contribution is 9.10. The number of nitrogens with zero attached hydrogens (tertiary/aromatic N) is 2. The lowest BCUT2D eigenvalue weighted by atomic mass is 10.1. The molecule has 0 aliphatic heterocycles. The summed E-state index contributed by atoms with van der Waals surface area (Å²) in [6.45, 7) is 0. The molecule has 1 aromatic heterocycles. The summed E-state index contributed by atoms with van der Waals surface area (Å²) in [4.78, 5) is 4.30. The van der Waals surface area contributed by atoms with Crippen LogP contribution in [0.2, 0.25) is 0 Å². The van der Waals surface area contributed by atoms with E-state index in [1.165, 1.54) is 0 Å². The Morgan fingerprint density at radius 1 is 1.43 bits per heavy atom. The lowest BCUT2D eigenvalue weighted by Crippen LogP contribution is -2.14. The maximum absolute atomic E-state index is 8.82. The van der Waals surface area contributed by atoms with Crippen LogP contribution >= 0.6 is 27.7 Å². The van der Waals surface area contributed by atoms with E-state index in [0.29, 0.717) is 11.3 Å². The molecule has 0 aliphatic carbocycles. The van der Waals surface area contributed by atoms with E-state index in [-0.39, 0.29) is 5.84 Å². The molecule has 5 nitrogen and oxygen atoms in total. The molecule has 21 heavy (non-hydrogen) atoms. The molecule has 2 rings (SSSR count). The number of ether oxygens (including phenoxy) is 1. The Balaban J connectivity index is 2.15. The van der Waals surface area contributed by atoms with E-state index in [9.17, 15) is 0 Å². The van der Waals surface area contributed by atoms with Crippen molar-refractivity contribution in [2.24, 2.45) is 10.9 Å². The van der Waals surface area contributed by atoms with Crippen LogP contribution in [0.15, 0.2) is 51.2 Å². The van der Waals surface area contributed by atoms with Gasteiger partial charge in [-0.15, -0.1) is 11.8 Å². The summed E-state index contributed by atoms with van der Waals surface area (Å²) in [5.74, 6) is 1.32. The number of nitrogens with two attached hydrogens (primary N) is 1. The van der Waals surface area contributed by atoms with Crippen LogP contribution in [-0.2, 0) is 5.75 Å². The van der Waals surface area contributed by atoms with Crippen LogP contribution in [0.3, 0.4) is 0 Å². The molecule has 0 atom stereocenters. The molecule has 2 aromatic rings. The van der Waals surface area contributed by atoms with Gasteiger partial charge >= 0.3 is 0 Å². The second kappa shape index (κ2) is 7.33. The van der Waals surface area contributed by atoms with E-state index in [4.69, 9.17) is 15.7 Å². The van der Waals surface area contributed by atoms with Gasteiger partial charge in [0.25, 0.3) is 0 Å². The minimum Gasteiger partial charge on any atom is -0.496 e. The number of hydrogen-bond acceptors (Lipinski definition) is 5. The highest BCUT2D eigenvalue weighted by atomic mass is 79.9. The third-order valence-electron chi connectivity index (χ3n) is 2.73. The molecule has 0 fully saturated rings. The van der Waals surface area contributed by atoms with Crippen molar-refractivity contribution < 1.29 is 9.94 Å². The quantitative estimate of drug-likeness (QED) is 0.278. The molecule has 0 bridgehead atoms. The Morgan fingerprint density at radius 2 is 2.24 bits per heavy atom. The van der Waals surface area contributed by atoms with E-state index in [1.54, 1.807) is 31.1 Å². The molecular formula is C14H14BrN3O2S. The van der Waals surface area contributed by atoms with Gasteiger partial charge in [-0.2, -0.15) is 0 Å². The van der Waals surface area contributed by atoms with Crippen molar-refractivity contribution in [2.45, 2.75) is 10.8 Å². The number of oxime groups is 1. The van der Waals surface area contributed by atoms with E-state index in [1.807, 2.05) is 24.3 Å². The third kappa shape index (κ3) is 4.12. The Hall–Kier alpha value is -1.73. The van der Waals surface area contributed by atoms with Gasteiger partial charge in [0.1, 0.15) is 5.75 Å². The second-order valence-corrected chi connectivity index (χ2v) is 6.03. The summed E-state index contributed by atoms with van der Waals surface area (Å²) in [6.07, 6.45) is 1.76. The van der Waals surface area contributed by atoms with Gasteiger partial charge in [0.2, 0.25) is 0 Å². The van der Waals surface area contributed by atoms with E-state index in [0.717, 1.165) is 20.8 Å². The summed E-state index contributed by atoms with van der Waals surface area (Å²) < 4.78 is 6.15. The van der Waals surface area contributed by atoms with Crippen molar-refractivity contribution in [1.82, 2.24) is 4.98 Å². The van der Waals surface area contributed by atoms with Crippen LogP contribution < -0.4 is 10.5 Å². The molecule has 1 aromatic carbocycles. The molecule has 3 N–H and O–H groups in total. The predicted molar refractivity (Wildman–Crippen MR) is 87.0 cm³/mol. The van der Waals surface area contributed by atoms with Crippen molar-refractivity contribution in [3.8, 4) is 5.75 Å². The molecule has 0 amide bonds. The standard InChI is InChI=1S/C14H14BrN3O2S/c1-20-12-4-2-9(6-11(12)14(16)18-19)8-21-13-5-3-10(15)7-17-13/h2-7,19H,8H2,1H3,(H2,16,18). The number of benzene rings is 1. The van der Waals surface area contributed by atoms with Crippen molar-refractivity contribution in [3.05, 3.63) is 52.1 Å². The molecular weight excluding hydrogens is 354 g/mol. The maximum atomic E-state index is 8.82. The van der Waals surface area contributed by atoms with Crippen LogP contribution in [0.1, 0.15) is 11.1 Å². The molecule has 7 heteroatoms. The summed E-state index contributed by atoms with van der Waals surface area (Å²) >= 11 is 4.96. The van der Waals surface area contributed by atoms with Gasteiger partial charge in [-0.1, -0.05) is 11.2 Å². The molecule has 110 valence electrons. The molecule has 0 unspecified atom stereocenters. The lowest BCUT2D eigenvalue weighted by Gasteiger charge is -2.09. The Kier molecular flexibility index (Phi) is 5.46. The van der Waals surface area contributed by atoms with Gasteiger partial charge in [0.15, 0.2) is 5.84 Å². The molecule has 0 saturated carbocycles. The summed E-state index contributed by atoms with van der Waals surface area (Å²) in [5, 5.41) is 12.8. The van der Waals surface area contributed by atoms with Crippen LogP contribution in [0, 0.1) is 0 Å². The Morgan fingerprint density at radius 3 is 2.86 bits per heavy atom. The fourth-order valence-corrected chi connectivity index (χ4v) is 2.72. The van der Waals surface area contributed by atoms with Crippen LogP contribution in [0.4, 0.5) is 0 Å². The topological polar surface area (TPSA) is 80.7 Å². The predicted octanol–water partition coefficient (Wildman–Crippen LogP) is 3.24. The van der Waals surface area contributed by atoms with Crippen LogP contribution in [0.25, 0.3) is 0 Å². The minimum absolute atomic E-state index is 0.0282. The van der Waals surface area contributed by atoms with Crippen molar-refractivity contribution in [3.63, 3.8) is 0 Å². The molecule has 0 radical (unpaired) electrons. The Labute approximate surface area is 135 Å². The number of methoxy groups -OCH3 is 1. The fourth-order valence-electron chi connectivity index (χ4n) is 1.70. The molecule has 0 saturated heterocycles. The SMILES string of the molecule is COc1ccc(CSc2ccc(Br)cn2)cc1C(N)=NO. The number of hydrogen-bond donors (Lipinski definition) is 2. The van der Waals surface area contributed by atoms with Crippen molar-refractivity contribution in [2.75, 3.05) is 7.11 Å². The van der Waals surface area contributed by atoms with Crippen molar-refractivity contribution in [1.29, 1.82) is 0 Å². The van der Waals surface area contributed by atoms with Crippen LogP contribution in [0.5, 0.6) is 5.75 Å². The van der Waals surface area contributed by atoms with Crippen molar-refractivity contribution >= 4 is 33.5 Å². The average Bonchev–Trinajstić information content (AvgIpc) is 2.53. The third-order valence-corrected chi connectivity index (χ3v) is 4.22. The molecule has 0 spiro atoms. The minimum atomic E-state index is 0.0282. The summed E-state index contributed by atoms with van der Waals surface area (Å²) in [6, 6.07) is 9.49. The number of aromatic nitrogens is 1. The highest BCUT2D eigenvalue weighted by Crippen LogP contribution is 2.25.